The maximum absolute atomic E-state index is 12.6. The minimum absolute atomic E-state index is 0.248. The van der Waals surface area contributed by atoms with Crippen LogP contribution in [-0.4, -0.2) is 18.9 Å². The quantitative estimate of drug-likeness (QED) is 0.669. The SMILES string of the molecule is COc1ccc(C(=O)NCc2ccco2)cc1C(=O)Nc1ccc(Cl)cc1. The molecule has 0 aliphatic heterocycles. The third kappa shape index (κ3) is 4.68. The molecule has 27 heavy (non-hydrogen) atoms. The van der Waals surface area contributed by atoms with Crippen molar-refractivity contribution in [3.05, 3.63) is 82.8 Å². The van der Waals surface area contributed by atoms with Gasteiger partial charge in [-0.1, -0.05) is 11.6 Å². The van der Waals surface area contributed by atoms with Crippen LogP contribution in [-0.2, 0) is 6.54 Å². The Kier molecular flexibility index (Phi) is 5.78. The van der Waals surface area contributed by atoms with Crippen LogP contribution >= 0.6 is 11.6 Å². The van der Waals surface area contributed by atoms with Gasteiger partial charge in [0, 0.05) is 16.3 Å². The fourth-order valence-corrected chi connectivity index (χ4v) is 2.57. The highest BCUT2D eigenvalue weighted by molar-refractivity contribution is 6.30. The van der Waals surface area contributed by atoms with E-state index >= 15 is 0 Å². The second-order valence-corrected chi connectivity index (χ2v) is 6.07. The Labute approximate surface area is 161 Å². The van der Waals surface area contributed by atoms with Gasteiger partial charge in [-0.2, -0.15) is 0 Å². The minimum Gasteiger partial charge on any atom is -0.496 e. The van der Waals surface area contributed by atoms with Gasteiger partial charge in [-0.05, 0) is 54.6 Å². The zero-order valence-electron chi connectivity index (χ0n) is 14.5. The molecule has 2 aromatic carbocycles. The van der Waals surface area contributed by atoms with E-state index in [0.29, 0.717) is 27.8 Å². The van der Waals surface area contributed by atoms with Crippen LogP contribution in [0.5, 0.6) is 5.75 Å². The highest BCUT2D eigenvalue weighted by atomic mass is 35.5. The molecular weight excluding hydrogens is 368 g/mol. The number of hydrogen-bond donors (Lipinski definition) is 2. The molecular formula is C20H17ClN2O4. The molecule has 0 aliphatic rings. The third-order valence-electron chi connectivity index (χ3n) is 3.81. The summed E-state index contributed by atoms with van der Waals surface area (Å²) in [6.07, 6.45) is 1.54. The van der Waals surface area contributed by atoms with Crippen LogP contribution in [0.15, 0.2) is 65.3 Å². The number of anilines is 1. The summed E-state index contributed by atoms with van der Waals surface area (Å²) in [6, 6.07) is 14.9. The average Bonchev–Trinajstić information content (AvgIpc) is 3.21. The molecule has 7 heteroatoms. The van der Waals surface area contributed by atoms with Crippen LogP contribution in [0.4, 0.5) is 5.69 Å². The molecule has 6 nitrogen and oxygen atoms in total. The molecule has 138 valence electrons. The lowest BCUT2D eigenvalue weighted by Crippen LogP contribution is -2.23. The Balaban J connectivity index is 1.76. The van der Waals surface area contributed by atoms with Gasteiger partial charge in [-0.25, -0.2) is 0 Å². The lowest BCUT2D eigenvalue weighted by atomic mass is 10.1. The predicted molar refractivity (Wildman–Crippen MR) is 102 cm³/mol. The molecule has 3 aromatic rings. The molecule has 1 aromatic heterocycles. The summed E-state index contributed by atoms with van der Waals surface area (Å²) in [7, 11) is 1.46. The van der Waals surface area contributed by atoms with Crippen molar-refractivity contribution in [3.63, 3.8) is 0 Å². The molecule has 0 bridgehead atoms. The molecule has 2 amide bonds. The van der Waals surface area contributed by atoms with Gasteiger partial charge in [-0.15, -0.1) is 0 Å². The molecule has 0 aliphatic carbocycles. The van der Waals surface area contributed by atoms with Crippen molar-refractivity contribution in [1.82, 2.24) is 5.32 Å². The van der Waals surface area contributed by atoms with Gasteiger partial charge in [0.05, 0.1) is 25.5 Å². The molecule has 0 radical (unpaired) electrons. The van der Waals surface area contributed by atoms with E-state index in [-0.39, 0.29) is 18.0 Å². The van der Waals surface area contributed by atoms with E-state index in [2.05, 4.69) is 10.6 Å². The molecule has 3 rings (SSSR count). The van der Waals surface area contributed by atoms with Crippen LogP contribution in [0.2, 0.25) is 5.02 Å². The number of carbonyl (C=O) groups excluding carboxylic acids is 2. The lowest BCUT2D eigenvalue weighted by molar-refractivity contribution is 0.0948. The largest absolute Gasteiger partial charge is 0.496 e. The van der Waals surface area contributed by atoms with E-state index < -0.39 is 5.91 Å². The van der Waals surface area contributed by atoms with Crippen molar-refractivity contribution in [2.24, 2.45) is 0 Å². The first-order valence-electron chi connectivity index (χ1n) is 8.12. The first-order chi connectivity index (χ1) is 13.1. The van der Waals surface area contributed by atoms with Gasteiger partial charge in [0.1, 0.15) is 11.5 Å². The second-order valence-electron chi connectivity index (χ2n) is 5.64. The number of hydrogen-bond acceptors (Lipinski definition) is 4. The molecule has 0 spiro atoms. The predicted octanol–water partition coefficient (Wildman–Crippen LogP) is 4.12. The van der Waals surface area contributed by atoms with E-state index in [1.165, 1.54) is 19.4 Å². The Hall–Kier alpha value is -3.25. The number of methoxy groups -OCH3 is 1. The summed E-state index contributed by atoms with van der Waals surface area (Å²) in [5, 5.41) is 6.07. The molecule has 0 unspecified atom stereocenters. The molecule has 0 atom stereocenters. The van der Waals surface area contributed by atoms with Crippen LogP contribution < -0.4 is 15.4 Å². The standard InChI is InChI=1S/C20H17ClN2O4/c1-26-18-9-4-13(19(24)22-12-16-3-2-10-27-16)11-17(18)20(25)23-15-7-5-14(21)6-8-15/h2-11H,12H2,1H3,(H,22,24)(H,23,25). The van der Waals surface area contributed by atoms with E-state index in [9.17, 15) is 9.59 Å². The number of nitrogens with one attached hydrogen (secondary N) is 2. The zero-order valence-corrected chi connectivity index (χ0v) is 15.2. The molecule has 0 saturated carbocycles. The van der Waals surface area contributed by atoms with Gasteiger partial charge in [0.2, 0.25) is 0 Å². The third-order valence-corrected chi connectivity index (χ3v) is 4.06. The second kappa shape index (κ2) is 8.42. The number of furan rings is 1. The van der Waals surface area contributed by atoms with Gasteiger partial charge in [0.25, 0.3) is 11.8 Å². The topological polar surface area (TPSA) is 80.6 Å². The smallest absolute Gasteiger partial charge is 0.259 e. The number of ether oxygens (including phenoxy) is 1. The summed E-state index contributed by atoms with van der Waals surface area (Å²) < 4.78 is 10.4. The monoisotopic (exact) mass is 384 g/mol. The minimum atomic E-state index is -0.394. The number of amides is 2. The van der Waals surface area contributed by atoms with Crippen molar-refractivity contribution in [2.75, 3.05) is 12.4 Å². The van der Waals surface area contributed by atoms with Gasteiger partial charge in [0.15, 0.2) is 0 Å². The summed E-state index contributed by atoms with van der Waals surface area (Å²) >= 11 is 5.85. The van der Waals surface area contributed by atoms with Gasteiger partial charge >= 0.3 is 0 Å². The zero-order chi connectivity index (χ0) is 19.2. The van der Waals surface area contributed by atoms with E-state index in [1.807, 2.05) is 0 Å². The van der Waals surface area contributed by atoms with Gasteiger partial charge < -0.3 is 19.8 Å². The van der Waals surface area contributed by atoms with E-state index in [4.69, 9.17) is 20.8 Å². The molecule has 0 saturated heterocycles. The summed E-state index contributed by atoms with van der Waals surface area (Å²) in [4.78, 5) is 25.0. The molecule has 2 N–H and O–H groups in total. The Bertz CT molecular complexity index is 937. The maximum atomic E-state index is 12.6. The highest BCUT2D eigenvalue weighted by Crippen LogP contribution is 2.22. The Morgan fingerprint density at radius 2 is 1.85 bits per heavy atom. The van der Waals surface area contributed by atoms with Crippen LogP contribution in [0.3, 0.4) is 0 Å². The molecule has 1 heterocycles. The molecule has 0 fully saturated rings. The number of benzene rings is 2. The summed E-state index contributed by atoms with van der Waals surface area (Å²) in [5.41, 5.74) is 1.17. The van der Waals surface area contributed by atoms with Crippen molar-refractivity contribution < 1.29 is 18.7 Å². The van der Waals surface area contributed by atoms with Crippen LogP contribution in [0, 0.1) is 0 Å². The van der Waals surface area contributed by atoms with Crippen molar-refractivity contribution >= 4 is 29.1 Å². The highest BCUT2D eigenvalue weighted by Gasteiger charge is 2.16. The number of rotatable bonds is 6. The van der Waals surface area contributed by atoms with Crippen molar-refractivity contribution in [2.45, 2.75) is 6.54 Å². The van der Waals surface area contributed by atoms with Crippen LogP contribution in [0.1, 0.15) is 26.5 Å². The fourth-order valence-electron chi connectivity index (χ4n) is 2.44. The fraction of sp³-hybridized carbons (Fsp3) is 0.100. The maximum Gasteiger partial charge on any atom is 0.259 e. The van der Waals surface area contributed by atoms with Crippen molar-refractivity contribution in [1.29, 1.82) is 0 Å². The summed E-state index contributed by atoms with van der Waals surface area (Å²) in [5.74, 6) is 0.283. The first-order valence-corrected chi connectivity index (χ1v) is 8.50. The first kappa shape index (κ1) is 18.5. The lowest BCUT2D eigenvalue weighted by Gasteiger charge is -2.11. The van der Waals surface area contributed by atoms with E-state index in [0.717, 1.165) is 0 Å². The normalized spacial score (nSPS) is 10.3. The Morgan fingerprint density at radius 1 is 1.07 bits per heavy atom. The summed E-state index contributed by atoms with van der Waals surface area (Å²) in [6.45, 7) is 0.254. The number of halogens is 1. The number of carbonyl (C=O) groups is 2. The average molecular weight is 385 g/mol. The van der Waals surface area contributed by atoms with Crippen molar-refractivity contribution in [3.8, 4) is 5.75 Å². The van der Waals surface area contributed by atoms with Crippen LogP contribution in [0.25, 0.3) is 0 Å². The van der Waals surface area contributed by atoms with Gasteiger partial charge in [-0.3, -0.25) is 9.59 Å². The Morgan fingerprint density at radius 3 is 2.52 bits per heavy atom. The van der Waals surface area contributed by atoms with E-state index in [1.54, 1.807) is 48.5 Å².